The fourth-order valence-corrected chi connectivity index (χ4v) is 2.39. The Morgan fingerprint density at radius 3 is 2.94 bits per heavy atom. The third-order valence-electron chi connectivity index (χ3n) is 3.22. The lowest BCUT2D eigenvalue weighted by atomic mass is 9.95. The van der Waals surface area contributed by atoms with Crippen molar-refractivity contribution < 1.29 is 9.50 Å². The number of anilines is 1. The lowest BCUT2D eigenvalue weighted by Gasteiger charge is -2.36. The molecule has 1 aromatic rings. The summed E-state index contributed by atoms with van der Waals surface area (Å²) in [6.45, 7) is 4.09. The Morgan fingerprint density at radius 1 is 1.53 bits per heavy atom. The lowest BCUT2D eigenvalue weighted by Crippen LogP contribution is -2.45. The number of nitrogens with two attached hydrogens (primary N) is 1. The molecular formula is C13H19FN2O. The largest absolute Gasteiger partial charge is 0.396 e. The maximum atomic E-state index is 13.3. The Bertz CT molecular complexity index is 406. The van der Waals surface area contributed by atoms with Crippen molar-refractivity contribution in [1.29, 1.82) is 0 Å². The Hall–Kier alpha value is -1.13. The molecule has 0 amide bonds. The number of nitrogen functional groups attached to an aromatic ring is 1. The molecule has 3 nitrogen and oxygen atoms in total. The lowest BCUT2D eigenvalue weighted by molar-refractivity contribution is -0.0181. The number of β-amino-alcohol motifs (C(OH)–C–C–N with tert-alkyl or cyclic N) is 1. The molecule has 1 aromatic carbocycles. The van der Waals surface area contributed by atoms with Crippen LogP contribution in [0.2, 0.25) is 0 Å². The molecule has 17 heavy (non-hydrogen) atoms. The molecule has 1 heterocycles. The average molecular weight is 238 g/mol. The van der Waals surface area contributed by atoms with E-state index in [9.17, 15) is 9.50 Å². The number of halogens is 1. The molecule has 1 aliphatic rings. The van der Waals surface area contributed by atoms with Crippen LogP contribution in [0.25, 0.3) is 0 Å². The van der Waals surface area contributed by atoms with Crippen molar-refractivity contribution in [1.82, 2.24) is 4.90 Å². The van der Waals surface area contributed by atoms with E-state index in [-0.39, 0.29) is 11.5 Å². The molecule has 94 valence electrons. The summed E-state index contributed by atoms with van der Waals surface area (Å²) in [6, 6.07) is 4.90. The Morgan fingerprint density at radius 2 is 2.29 bits per heavy atom. The number of benzene rings is 1. The second-order valence-electron chi connectivity index (χ2n) is 5.17. The van der Waals surface area contributed by atoms with Crippen LogP contribution in [0.5, 0.6) is 0 Å². The minimum Gasteiger partial charge on any atom is -0.396 e. The van der Waals surface area contributed by atoms with Crippen molar-refractivity contribution in [2.45, 2.75) is 31.9 Å². The van der Waals surface area contributed by atoms with Crippen LogP contribution in [0.3, 0.4) is 0 Å². The second-order valence-corrected chi connectivity index (χ2v) is 5.17. The molecule has 1 saturated heterocycles. The zero-order valence-corrected chi connectivity index (χ0v) is 10.1. The highest BCUT2D eigenvalue weighted by molar-refractivity contribution is 5.41. The average Bonchev–Trinajstić information content (AvgIpc) is 2.22. The summed E-state index contributed by atoms with van der Waals surface area (Å²) in [5.41, 5.74) is 5.89. The van der Waals surface area contributed by atoms with Gasteiger partial charge in [0.25, 0.3) is 0 Å². The molecule has 0 spiro atoms. The van der Waals surface area contributed by atoms with Gasteiger partial charge in [-0.15, -0.1) is 0 Å². The van der Waals surface area contributed by atoms with Gasteiger partial charge in [0.1, 0.15) is 5.82 Å². The molecule has 0 radical (unpaired) electrons. The van der Waals surface area contributed by atoms with E-state index in [1.807, 2.05) is 13.0 Å². The van der Waals surface area contributed by atoms with E-state index in [2.05, 4.69) is 4.90 Å². The van der Waals surface area contributed by atoms with Crippen molar-refractivity contribution in [2.24, 2.45) is 0 Å². The predicted octanol–water partition coefficient (Wildman–Crippen LogP) is 1.75. The summed E-state index contributed by atoms with van der Waals surface area (Å²) in [6.07, 6.45) is 1.81. The fraction of sp³-hybridized carbons (Fsp3) is 0.538. The van der Waals surface area contributed by atoms with Gasteiger partial charge in [0.2, 0.25) is 0 Å². The van der Waals surface area contributed by atoms with Crippen molar-refractivity contribution in [2.75, 3.05) is 18.8 Å². The van der Waals surface area contributed by atoms with Crippen molar-refractivity contribution in [3.63, 3.8) is 0 Å². The van der Waals surface area contributed by atoms with Gasteiger partial charge >= 0.3 is 0 Å². The van der Waals surface area contributed by atoms with Crippen LogP contribution in [0.4, 0.5) is 10.1 Å². The normalized spacial score (nSPS) is 26.1. The van der Waals surface area contributed by atoms with Gasteiger partial charge in [0.15, 0.2) is 0 Å². The number of aliphatic hydroxyl groups is 1. The summed E-state index contributed by atoms with van der Waals surface area (Å²) < 4.78 is 13.3. The zero-order chi connectivity index (χ0) is 12.5. The van der Waals surface area contributed by atoms with E-state index in [0.717, 1.165) is 24.9 Å². The molecule has 2 rings (SSSR count). The molecule has 1 unspecified atom stereocenters. The molecule has 1 aliphatic heterocycles. The minimum absolute atomic E-state index is 0.180. The first-order valence-corrected chi connectivity index (χ1v) is 5.95. The SMILES string of the molecule is CC1(O)CCCN(Cc2ccc(N)c(F)c2)C1. The van der Waals surface area contributed by atoms with Crippen molar-refractivity contribution in [3.8, 4) is 0 Å². The number of hydrogen-bond donors (Lipinski definition) is 2. The molecule has 0 saturated carbocycles. The van der Waals surface area contributed by atoms with Gasteiger partial charge in [-0.25, -0.2) is 4.39 Å². The summed E-state index contributed by atoms with van der Waals surface area (Å²) in [4.78, 5) is 2.15. The van der Waals surface area contributed by atoms with Crippen molar-refractivity contribution in [3.05, 3.63) is 29.6 Å². The molecule has 4 heteroatoms. The Balaban J connectivity index is 2.03. The molecule has 3 N–H and O–H groups in total. The molecule has 0 bridgehead atoms. The van der Waals surface area contributed by atoms with Crippen LogP contribution in [0.15, 0.2) is 18.2 Å². The van der Waals surface area contributed by atoms with Crippen LogP contribution >= 0.6 is 0 Å². The number of piperidine rings is 1. The summed E-state index contributed by atoms with van der Waals surface area (Å²) >= 11 is 0. The smallest absolute Gasteiger partial charge is 0.146 e. The highest BCUT2D eigenvalue weighted by Crippen LogP contribution is 2.22. The number of nitrogens with zero attached hydrogens (tertiary/aromatic N) is 1. The molecule has 1 fully saturated rings. The van der Waals surface area contributed by atoms with Crippen LogP contribution < -0.4 is 5.73 Å². The zero-order valence-electron chi connectivity index (χ0n) is 10.1. The standard InChI is InChI=1S/C13H19FN2O/c1-13(17)5-2-6-16(9-13)8-10-3-4-12(15)11(14)7-10/h3-4,7,17H,2,5-6,8-9,15H2,1H3. The Kier molecular flexibility index (Phi) is 3.35. The van der Waals surface area contributed by atoms with Gasteiger partial charge in [0.05, 0.1) is 11.3 Å². The first-order chi connectivity index (χ1) is 7.96. The quantitative estimate of drug-likeness (QED) is 0.772. The maximum absolute atomic E-state index is 13.3. The summed E-state index contributed by atoms with van der Waals surface area (Å²) in [7, 11) is 0. The predicted molar refractivity (Wildman–Crippen MR) is 65.9 cm³/mol. The third kappa shape index (κ3) is 3.17. The Labute approximate surface area is 101 Å². The van der Waals surface area contributed by atoms with E-state index in [4.69, 9.17) is 5.73 Å². The first-order valence-electron chi connectivity index (χ1n) is 5.95. The third-order valence-corrected chi connectivity index (χ3v) is 3.22. The van der Waals surface area contributed by atoms with Gasteiger partial charge < -0.3 is 10.8 Å². The summed E-state index contributed by atoms with van der Waals surface area (Å²) in [5.74, 6) is -0.369. The van der Waals surface area contributed by atoms with Gasteiger partial charge in [-0.2, -0.15) is 0 Å². The second kappa shape index (κ2) is 4.63. The van der Waals surface area contributed by atoms with Crippen LogP contribution in [0.1, 0.15) is 25.3 Å². The number of rotatable bonds is 2. The van der Waals surface area contributed by atoms with E-state index in [1.54, 1.807) is 6.07 Å². The highest BCUT2D eigenvalue weighted by Gasteiger charge is 2.28. The van der Waals surface area contributed by atoms with E-state index in [0.29, 0.717) is 13.1 Å². The molecule has 0 aliphatic carbocycles. The first kappa shape index (κ1) is 12.3. The van der Waals surface area contributed by atoms with E-state index < -0.39 is 5.60 Å². The van der Waals surface area contributed by atoms with Gasteiger partial charge in [-0.1, -0.05) is 6.07 Å². The molecule has 1 atom stereocenters. The monoisotopic (exact) mass is 238 g/mol. The van der Waals surface area contributed by atoms with Gasteiger partial charge in [-0.3, -0.25) is 4.90 Å². The van der Waals surface area contributed by atoms with Crippen LogP contribution in [0, 0.1) is 5.82 Å². The van der Waals surface area contributed by atoms with E-state index in [1.165, 1.54) is 6.07 Å². The topological polar surface area (TPSA) is 49.5 Å². The number of likely N-dealkylation sites (tertiary alicyclic amines) is 1. The van der Waals surface area contributed by atoms with Crippen molar-refractivity contribution >= 4 is 5.69 Å². The molecule has 0 aromatic heterocycles. The maximum Gasteiger partial charge on any atom is 0.146 e. The summed E-state index contributed by atoms with van der Waals surface area (Å²) in [5, 5.41) is 9.99. The molecular weight excluding hydrogens is 219 g/mol. The fourth-order valence-electron chi connectivity index (χ4n) is 2.39. The van der Waals surface area contributed by atoms with Crippen LogP contribution in [-0.2, 0) is 6.54 Å². The highest BCUT2D eigenvalue weighted by atomic mass is 19.1. The van der Waals surface area contributed by atoms with E-state index >= 15 is 0 Å². The minimum atomic E-state index is -0.620. The van der Waals surface area contributed by atoms with Gasteiger partial charge in [-0.05, 0) is 44.0 Å². The van der Waals surface area contributed by atoms with Gasteiger partial charge in [0, 0.05) is 13.1 Å². The number of hydrogen-bond acceptors (Lipinski definition) is 3. The van der Waals surface area contributed by atoms with Crippen LogP contribution in [-0.4, -0.2) is 28.7 Å².